The summed E-state index contributed by atoms with van der Waals surface area (Å²) in [5, 5.41) is 0. The van der Waals surface area contributed by atoms with Crippen molar-refractivity contribution in [3.8, 4) is 0 Å². The first-order valence-corrected chi connectivity index (χ1v) is 7.26. The average Bonchev–Trinajstić information content (AvgIpc) is 2.47. The largest absolute Gasteiger partial charge is 0.300 e. The van der Waals surface area contributed by atoms with Crippen molar-refractivity contribution >= 4 is 5.78 Å². The van der Waals surface area contributed by atoms with Gasteiger partial charge in [0.25, 0.3) is 0 Å². The molecule has 1 aromatic carbocycles. The third kappa shape index (κ3) is 4.50. The molecule has 0 amide bonds. The summed E-state index contributed by atoms with van der Waals surface area (Å²) in [6.07, 6.45) is 0. The van der Waals surface area contributed by atoms with Gasteiger partial charge in [-0.1, -0.05) is 43.3 Å². The number of nitrogens with zero attached hydrogens (tertiary/aromatic N) is 2. The second-order valence-corrected chi connectivity index (χ2v) is 5.60. The van der Waals surface area contributed by atoms with Crippen molar-refractivity contribution in [2.75, 3.05) is 13.6 Å². The molecule has 110 valence electrons. The van der Waals surface area contributed by atoms with E-state index in [1.165, 1.54) is 0 Å². The quantitative estimate of drug-likeness (QED) is 0.762. The molecular weight excluding hydrogens is 260 g/mol. The lowest BCUT2D eigenvalue weighted by Gasteiger charge is -2.20. The zero-order chi connectivity index (χ0) is 15.2. The van der Waals surface area contributed by atoms with Gasteiger partial charge in [-0.05, 0) is 26.1 Å². The monoisotopic (exact) mass is 282 g/mol. The van der Waals surface area contributed by atoms with Crippen LogP contribution in [0.5, 0.6) is 0 Å². The molecule has 0 aliphatic heterocycles. The highest BCUT2D eigenvalue weighted by atomic mass is 16.1. The maximum Gasteiger partial charge on any atom is 0.166 e. The predicted molar refractivity (Wildman–Crippen MR) is 85.2 cm³/mol. The van der Waals surface area contributed by atoms with Crippen molar-refractivity contribution in [2.45, 2.75) is 20.4 Å². The molecule has 3 heteroatoms. The van der Waals surface area contributed by atoms with Gasteiger partial charge in [0.1, 0.15) is 0 Å². The van der Waals surface area contributed by atoms with Crippen LogP contribution in [0.2, 0.25) is 0 Å². The Hall–Kier alpha value is -2.00. The Morgan fingerprint density at radius 1 is 1.14 bits per heavy atom. The molecule has 0 saturated carbocycles. The number of aryl methyl sites for hydroxylation is 1. The molecule has 0 aliphatic rings. The first kappa shape index (κ1) is 15.4. The molecule has 1 atom stereocenters. The first-order chi connectivity index (χ1) is 10.1. The molecule has 2 aromatic rings. The fraction of sp³-hybridized carbons (Fsp3) is 0.333. The van der Waals surface area contributed by atoms with Crippen LogP contribution < -0.4 is 0 Å². The maximum atomic E-state index is 12.3. The van der Waals surface area contributed by atoms with E-state index in [4.69, 9.17) is 0 Å². The summed E-state index contributed by atoms with van der Waals surface area (Å²) >= 11 is 0. The fourth-order valence-electron chi connectivity index (χ4n) is 2.47. The molecule has 0 N–H and O–H groups in total. The first-order valence-electron chi connectivity index (χ1n) is 7.26. The van der Waals surface area contributed by atoms with Crippen molar-refractivity contribution in [1.29, 1.82) is 0 Å². The van der Waals surface area contributed by atoms with Gasteiger partial charge in [0.15, 0.2) is 5.78 Å². The summed E-state index contributed by atoms with van der Waals surface area (Å²) in [5.74, 6) is 0.168. The lowest BCUT2D eigenvalue weighted by molar-refractivity contribution is 0.0900. The van der Waals surface area contributed by atoms with Gasteiger partial charge in [-0.3, -0.25) is 14.7 Å². The van der Waals surface area contributed by atoms with Gasteiger partial charge < -0.3 is 0 Å². The smallest absolute Gasteiger partial charge is 0.166 e. The zero-order valence-corrected chi connectivity index (χ0v) is 12.9. The van der Waals surface area contributed by atoms with Gasteiger partial charge in [-0.2, -0.15) is 0 Å². The molecule has 2 rings (SSSR count). The van der Waals surface area contributed by atoms with Gasteiger partial charge in [0.2, 0.25) is 0 Å². The highest BCUT2D eigenvalue weighted by molar-refractivity contribution is 5.97. The number of pyridine rings is 1. The van der Waals surface area contributed by atoms with Crippen molar-refractivity contribution < 1.29 is 4.79 Å². The summed E-state index contributed by atoms with van der Waals surface area (Å²) in [4.78, 5) is 19.0. The molecule has 0 spiro atoms. The Morgan fingerprint density at radius 2 is 1.86 bits per heavy atom. The minimum Gasteiger partial charge on any atom is -0.300 e. The molecule has 1 unspecified atom stereocenters. The van der Waals surface area contributed by atoms with Gasteiger partial charge in [-0.25, -0.2) is 0 Å². The SMILES string of the molecule is Cc1cccc(CN(C)CC(C)C(=O)c2ccccc2)n1. The van der Waals surface area contributed by atoms with Crippen LogP contribution in [0, 0.1) is 12.8 Å². The Bertz CT molecular complexity index is 595. The Morgan fingerprint density at radius 3 is 2.52 bits per heavy atom. The normalized spacial score (nSPS) is 12.4. The van der Waals surface area contributed by atoms with Crippen molar-refractivity contribution in [1.82, 2.24) is 9.88 Å². The van der Waals surface area contributed by atoms with Gasteiger partial charge >= 0.3 is 0 Å². The molecule has 0 aliphatic carbocycles. The number of ketones is 1. The van der Waals surface area contributed by atoms with Crippen LogP contribution in [0.4, 0.5) is 0 Å². The third-order valence-corrected chi connectivity index (χ3v) is 3.47. The molecule has 0 saturated heterocycles. The molecule has 3 nitrogen and oxygen atoms in total. The molecule has 1 aromatic heterocycles. The van der Waals surface area contributed by atoms with E-state index in [-0.39, 0.29) is 11.7 Å². The zero-order valence-electron chi connectivity index (χ0n) is 12.9. The summed E-state index contributed by atoms with van der Waals surface area (Å²) < 4.78 is 0. The Balaban J connectivity index is 1.93. The Labute approximate surface area is 126 Å². The Kier molecular flexibility index (Phi) is 5.23. The van der Waals surface area contributed by atoms with Crippen LogP contribution >= 0.6 is 0 Å². The topological polar surface area (TPSA) is 33.2 Å². The minimum absolute atomic E-state index is 0.0257. The van der Waals surface area contributed by atoms with Gasteiger partial charge in [0.05, 0.1) is 5.69 Å². The van der Waals surface area contributed by atoms with Crippen LogP contribution in [0.15, 0.2) is 48.5 Å². The summed E-state index contributed by atoms with van der Waals surface area (Å²) in [6, 6.07) is 15.5. The number of Topliss-reactive ketones (excluding diaryl/α,β-unsaturated/α-hetero) is 1. The number of rotatable bonds is 6. The number of hydrogen-bond acceptors (Lipinski definition) is 3. The summed E-state index contributed by atoms with van der Waals surface area (Å²) in [5.41, 5.74) is 2.85. The maximum absolute atomic E-state index is 12.3. The number of benzene rings is 1. The molecule has 21 heavy (non-hydrogen) atoms. The molecule has 0 fully saturated rings. The summed E-state index contributed by atoms with van der Waals surface area (Å²) in [6.45, 7) is 5.46. The van der Waals surface area contributed by atoms with Crippen molar-refractivity contribution in [3.05, 3.63) is 65.5 Å². The lowest BCUT2D eigenvalue weighted by Crippen LogP contribution is -2.28. The number of hydrogen-bond donors (Lipinski definition) is 0. The van der Waals surface area contributed by atoms with Crippen LogP contribution in [-0.4, -0.2) is 29.3 Å². The third-order valence-electron chi connectivity index (χ3n) is 3.47. The molecular formula is C18H22N2O. The van der Waals surface area contributed by atoms with Gasteiger partial charge in [-0.15, -0.1) is 0 Å². The molecule has 0 radical (unpaired) electrons. The van der Waals surface area contributed by atoms with Crippen LogP contribution in [-0.2, 0) is 6.54 Å². The summed E-state index contributed by atoms with van der Waals surface area (Å²) in [7, 11) is 2.03. The van der Waals surface area contributed by atoms with E-state index in [1.54, 1.807) is 0 Å². The van der Waals surface area contributed by atoms with Crippen molar-refractivity contribution in [2.24, 2.45) is 5.92 Å². The highest BCUT2D eigenvalue weighted by Crippen LogP contribution is 2.11. The van der Waals surface area contributed by atoms with Crippen LogP contribution in [0.25, 0.3) is 0 Å². The van der Waals surface area contributed by atoms with Gasteiger partial charge in [0, 0.05) is 30.3 Å². The van der Waals surface area contributed by atoms with E-state index < -0.39 is 0 Å². The lowest BCUT2D eigenvalue weighted by atomic mass is 9.99. The van der Waals surface area contributed by atoms with Crippen LogP contribution in [0.1, 0.15) is 28.7 Å². The predicted octanol–water partition coefficient (Wildman–Crippen LogP) is 3.34. The van der Waals surface area contributed by atoms with E-state index in [0.717, 1.165) is 30.0 Å². The second kappa shape index (κ2) is 7.14. The average molecular weight is 282 g/mol. The minimum atomic E-state index is -0.0257. The molecule has 0 bridgehead atoms. The standard InChI is InChI=1S/C18H22N2O/c1-14(18(21)16-9-5-4-6-10-16)12-20(3)13-17-11-7-8-15(2)19-17/h4-11,14H,12-13H2,1-3H3. The van der Waals surface area contributed by atoms with Crippen LogP contribution in [0.3, 0.4) is 0 Å². The molecule has 1 heterocycles. The number of carbonyl (C=O) groups excluding carboxylic acids is 1. The number of carbonyl (C=O) groups is 1. The van der Waals surface area contributed by atoms with E-state index in [0.29, 0.717) is 0 Å². The van der Waals surface area contributed by atoms with E-state index in [1.807, 2.05) is 69.4 Å². The fourth-order valence-corrected chi connectivity index (χ4v) is 2.47. The second-order valence-electron chi connectivity index (χ2n) is 5.60. The number of aromatic nitrogens is 1. The van der Waals surface area contributed by atoms with E-state index in [2.05, 4.69) is 9.88 Å². The van der Waals surface area contributed by atoms with E-state index >= 15 is 0 Å². The van der Waals surface area contributed by atoms with E-state index in [9.17, 15) is 4.79 Å². The highest BCUT2D eigenvalue weighted by Gasteiger charge is 2.17. The van der Waals surface area contributed by atoms with Crippen molar-refractivity contribution in [3.63, 3.8) is 0 Å².